The Kier molecular flexibility index (Phi) is 4.07. The van der Waals surface area contributed by atoms with E-state index in [9.17, 15) is 23.7 Å². The summed E-state index contributed by atoms with van der Waals surface area (Å²) in [5.74, 6) is -2.39. The maximum atomic E-state index is 13.6. The van der Waals surface area contributed by atoms with Crippen LogP contribution in [0.25, 0.3) is 0 Å². The number of hydrogen-bond donors (Lipinski definition) is 0. The number of ketones is 1. The van der Waals surface area contributed by atoms with E-state index in [2.05, 4.69) is 0 Å². The molecule has 0 saturated carbocycles. The Hall–Kier alpha value is -2.63. The predicted octanol–water partition coefficient (Wildman–Crippen LogP) is 3.61. The maximum Gasteiger partial charge on any atom is 0.280 e. The van der Waals surface area contributed by atoms with Crippen LogP contribution < -0.4 is 0 Å². The summed E-state index contributed by atoms with van der Waals surface area (Å²) in [4.78, 5) is 22.5. The zero-order valence-corrected chi connectivity index (χ0v) is 11.1. The molecule has 0 aromatic heterocycles. The fourth-order valence-corrected chi connectivity index (χ4v) is 2.12. The molecule has 0 N–H and O–H groups in total. The summed E-state index contributed by atoms with van der Waals surface area (Å²) in [7, 11) is 0. The number of benzene rings is 2. The third kappa shape index (κ3) is 2.94. The van der Waals surface area contributed by atoms with E-state index in [0.717, 1.165) is 12.1 Å². The molecule has 0 fully saturated rings. The number of Topliss-reactive ketones (excluding diaryl/α,β-unsaturated/α-hetero) is 1. The van der Waals surface area contributed by atoms with Crippen molar-refractivity contribution in [2.75, 3.05) is 0 Å². The molecule has 2 aromatic rings. The molecular weight excluding hydrogens is 280 g/mol. The highest BCUT2D eigenvalue weighted by Crippen LogP contribution is 2.24. The molecule has 4 nitrogen and oxygen atoms in total. The van der Waals surface area contributed by atoms with Gasteiger partial charge < -0.3 is 0 Å². The molecule has 0 aliphatic rings. The lowest BCUT2D eigenvalue weighted by molar-refractivity contribution is -0.385. The Morgan fingerprint density at radius 2 is 1.71 bits per heavy atom. The largest absolute Gasteiger partial charge is 0.294 e. The summed E-state index contributed by atoms with van der Waals surface area (Å²) in [6.45, 7) is 1.54. The number of aryl methyl sites for hydroxylation is 1. The zero-order chi connectivity index (χ0) is 15.6. The van der Waals surface area contributed by atoms with Gasteiger partial charge in [-0.05, 0) is 24.6 Å². The van der Waals surface area contributed by atoms with E-state index in [1.165, 1.54) is 31.2 Å². The molecule has 0 radical (unpaired) electrons. The number of hydrogen-bond acceptors (Lipinski definition) is 3. The standard InChI is InChI=1S/C15H11F2NO3/c1-9-4-2-7-13(18(20)21)15(9)14(19)8-10-11(16)5-3-6-12(10)17/h2-7H,8H2,1H3. The summed E-state index contributed by atoms with van der Waals surface area (Å²) in [6.07, 6.45) is -0.565. The smallest absolute Gasteiger partial charge is 0.280 e. The Labute approximate surface area is 119 Å². The molecule has 0 bridgehead atoms. The van der Waals surface area contributed by atoms with E-state index in [0.29, 0.717) is 5.56 Å². The van der Waals surface area contributed by atoms with Crippen LogP contribution in [0.15, 0.2) is 36.4 Å². The lowest BCUT2D eigenvalue weighted by Gasteiger charge is -2.07. The van der Waals surface area contributed by atoms with Gasteiger partial charge in [0.15, 0.2) is 5.78 Å². The molecule has 108 valence electrons. The zero-order valence-electron chi connectivity index (χ0n) is 11.1. The predicted molar refractivity (Wildman–Crippen MR) is 72.2 cm³/mol. The van der Waals surface area contributed by atoms with E-state index in [4.69, 9.17) is 0 Å². The third-order valence-corrected chi connectivity index (χ3v) is 3.13. The summed E-state index contributed by atoms with van der Waals surface area (Å²) in [6, 6.07) is 7.45. The molecule has 0 aliphatic heterocycles. The number of halogens is 2. The minimum absolute atomic E-state index is 0.120. The number of carbonyl (C=O) groups excluding carboxylic acids is 1. The van der Waals surface area contributed by atoms with Gasteiger partial charge in [0.05, 0.1) is 10.5 Å². The van der Waals surface area contributed by atoms with Crippen LogP contribution >= 0.6 is 0 Å². The van der Waals surface area contributed by atoms with E-state index < -0.39 is 28.8 Å². The molecule has 0 aliphatic carbocycles. The van der Waals surface area contributed by atoms with Crippen LogP contribution in [0.4, 0.5) is 14.5 Å². The van der Waals surface area contributed by atoms with Gasteiger partial charge in [-0.1, -0.05) is 18.2 Å². The highest BCUT2D eigenvalue weighted by atomic mass is 19.1. The van der Waals surface area contributed by atoms with Gasteiger partial charge in [-0.25, -0.2) is 8.78 Å². The quantitative estimate of drug-likeness (QED) is 0.491. The van der Waals surface area contributed by atoms with Crippen molar-refractivity contribution in [1.29, 1.82) is 0 Å². The average Bonchev–Trinajstić information content (AvgIpc) is 2.42. The monoisotopic (exact) mass is 291 g/mol. The lowest BCUT2D eigenvalue weighted by atomic mass is 9.97. The Morgan fingerprint density at radius 3 is 2.29 bits per heavy atom. The summed E-state index contributed by atoms with van der Waals surface area (Å²) < 4.78 is 27.1. The SMILES string of the molecule is Cc1cccc([N+](=O)[O-])c1C(=O)Cc1c(F)cccc1F. The van der Waals surface area contributed by atoms with E-state index >= 15 is 0 Å². The summed E-state index contributed by atoms with van der Waals surface area (Å²) in [5, 5.41) is 11.0. The van der Waals surface area contributed by atoms with Gasteiger partial charge in [-0.2, -0.15) is 0 Å². The van der Waals surface area contributed by atoms with Crippen molar-refractivity contribution in [2.45, 2.75) is 13.3 Å². The fraction of sp³-hybridized carbons (Fsp3) is 0.133. The van der Waals surface area contributed by atoms with Crippen LogP contribution in [-0.4, -0.2) is 10.7 Å². The molecule has 0 spiro atoms. The van der Waals surface area contributed by atoms with Crippen LogP contribution in [0.1, 0.15) is 21.5 Å². The van der Waals surface area contributed by atoms with Gasteiger partial charge in [-0.15, -0.1) is 0 Å². The molecule has 2 aromatic carbocycles. The Balaban J connectivity index is 2.45. The Morgan fingerprint density at radius 1 is 1.14 bits per heavy atom. The first-order chi connectivity index (χ1) is 9.91. The van der Waals surface area contributed by atoms with Crippen molar-refractivity contribution in [1.82, 2.24) is 0 Å². The lowest BCUT2D eigenvalue weighted by Crippen LogP contribution is -2.11. The van der Waals surface area contributed by atoms with Gasteiger partial charge in [0.25, 0.3) is 5.69 Å². The molecule has 0 saturated heterocycles. The van der Waals surface area contributed by atoms with Crippen LogP contribution in [0.3, 0.4) is 0 Å². The van der Waals surface area contributed by atoms with Crippen LogP contribution in [-0.2, 0) is 6.42 Å². The number of nitro benzene ring substituents is 1. The van der Waals surface area contributed by atoms with Gasteiger partial charge >= 0.3 is 0 Å². The number of nitro groups is 1. The number of rotatable bonds is 4. The van der Waals surface area contributed by atoms with E-state index in [1.807, 2.05) is 0 Å². The first-order valence-corrected chi connectivity index (χ1v) is 6.12. The normalized spacial score (nSPS) is 10.4. The van der Waals surface area contributed by atoms with Gasteiger partial charge in [0.1, 0.15) is 11.6 Å². The molecule has 6 heteroatoms. The molecule has 21 heavy (non-hydrogen) atoms. The molecule has 2 rings (SSSR count). The fourth-order valence-electron chi connectivity index (χ4n) is 2.12. The third-order valence-electron chi connectivity index (χ3n) is 3.13. The Bertz CT molecular complexity index is 709. The topological polar surface area (TPSA) is 60.2 Å². The molecule has 0 heterocycles. The molecule has 0 unspecified atom stereocenters. The van der Waals surface area contributed by atoms with Crippen molar-refractivity contribution >= 4 is 11.5 Å². The van der Waals surface area contributed by atoms with Crippen LogP contribution in [0.5, 0.6) is 0 Å². The number of carbonyl (C=O) groups is 1. The average molecular weight is 291 g/mol. The first kappa shape index (κ1) is 14.8. The first-order valence-electron chi connectivity index (χ1n) is 6.12. The minimum atomic E-state index is -0.848. The van der Waals surface area contributed by atoms with Crippen molar-refractivity contribution in [2.24, 2.45) is 0 Å². The summed E-state index contributed by atoms with van der Waals surface area (Å²) >= 11 is 0. The van der Waals surface area contributed by atoms with Crippen LogP contribution in [0, 0.1) is 28.7 Å². The molecule has 0 atom stereocenters. The highest BCUT2D eigenvalue weighted by molar-refractivity contribution is 6.02. The molecule has 0 amide bonds. The van der Waals surface area contributed by atoms with Gasteiger partial charge in [0, 0.05) is 18.1 Å². The van der Waals surface area contributed by atoms with E-state index in [-0.39, 0.29) is 16.8 Å². The maximum absolute atomic E-state index is 13.6. The number of nitrogens with zero attached hydrogens (tertiary/aromatic N) is 1. The second-order valence-electron chi connectivity index (χ2n) is 4.53. The highest BCUT2D eigenvalue weighted by Gasteiger charge is 2.24. The second-order valence-corrected chi connectivity index (χ2v) is 4.53. The summed E-state index contributed by atoms with van der Waals surface area (Å²) in [5.41, 5.74) is -0.479. The van der Waals surface area contributed by atoms with Crippen molar-refractivity contribution in [3.8, 4) is 0 Å². The van der Waals surface area contributed by atoms with E-state index in [1.54, 1.807) is 0 Å². The van der Waals surface area contributed by atoms with Crippen LogP contribution in [0.2, 0.25) is 0 Å². The van der Waals surface area contributed by atoms with Crippen molar-refractivity contribution in [3.05, 3.63) is 74.8 Å². The second kappa shape index (κ2) is 5.78. The molecular formula is C15H11F2NO3. The minimum Gasteiger partial charge on any atom is -0.294 e. The van der Waals surface area contributed by atoms with Crippen molar-refractivity contribution < 1.29 is 18.5 Å². The van der Waals surface area contributed by atoms with Crippen molar-refractivity contribution in [3.63, 3.8) is 0 Å². The van der Waals surface area contributed by atoms with Gasteiger partial charge in [-0.3, -0.25) is 14.9 Å². The van der Waals surface area contributed by atoms with Gasteiger partial charge in [0.2, 0.25) is 0 Å².